The number of amides is 2. The van der Waals surface area contributed by atoms with Gasteiger partial charge >= 0.3 is 12.0 Å². The minimum Gasteiger partial charge on any atom is -0.480 e. The highest BCUT2D eigenvalue weighted by Gasteiger charge is 2.24. The molecule has 104 valence electrons. The molecule has 0 radical (unpaired) electrons. The lowest BCUT2D eigenvalue weighted by Gasteiger charge is -2.17. The van der Waals surface area contributed by atoms with E-state index in [1.807, 2.05) is 24.3 Å². The third kappa shape index (κ3) is 4.88. The van der Waals surface area contributed by atoms with Crippen molar-refractivity contribution in [3.05, 3.63) is 34.3 Å². The smallest absolute Gasteiger partial charge is 0.328 e. The van der Waals surface area contributed by atoms with Gasteiger partial charge in [-0.3, -0.25) is 0 Å². The fraction of sp³-hybridized carbons (Fsp3) is 0.333. The SMILES string of the molecule is CC(O)C(NC(=O)NCc1ccccc1Br)C(=O)O. The number of benzene rings is 1. The van der Waals surface area contributed by atoms with Crippen LogP contribution in [0, 0.1) is 0 Å². The Morgan fingerprint density at radius 2 is 2.00 bits per heavy atom. The molecule has 7 heteroatoms. The molecule has 0 spiro atoms. The molecule has 0 aliphatic heterocycles. The van der Waals surface area contributed by atoms with Crippen LogP contribution < -0.4 is 10.6 Å². The maximum atomic E-state index is 11.5. The second-order valence-corrected chi connectivity index (χ2v) is 4.83. The van der Waals surface area contributed by atoms with Crippen molar-refractivity contribution < 1.29 is 19.8 Å². The predicted octanol–water partition coefficient (Wildman–Crippen LogP) is 1.08. The number of rotatable bonds is 5. The van der Waals surface area contributed by atoms with Gasteiger partial charge in [0, 0.05) is 11.0 Å². The summed E-state index contributed by atoms with van der Waals surface area (Å²) >= 11 is 3.34. The van der Waals surface area contributed by atoms with Gasteiger partial charge in [0.25, 0.3) is 0 Å². The van der Waals surface area contributed by atoms with Gasteiger partial charge in [-0.1, -0.05) is 34.1 Å². The molecule has 19 heavy (non-hydrogen) atoms. The number of aliphatic carboxylic acids is 1. The number of carboxylic acid groups (broad SMARTS) is 1. The van der Waals surface area contributed by atoms with Gasteiger partial charge in [0.05, 0.1) is 6.10 Å². The Morgan fingerprint density at radius 3 is 2.53 bits per heavy atom. The van der Waals surface area contributed by atoms with Gasteiger partial charge in [0.2, 0.25) is 0 Å². The van der Waals surface area contributed by atoms with Crippen LogP contribution in [0.1, 0.15) is 12.5 Å². The highest BCUT2D eigenvalue weighted by Crippen LogP contribution is 2.15. The first-order chi connectivity index (χ1) is 8.91. The number of nitrogens with one attached hydrogen (secondary N) is 2. The summed E-state index contributed by atoms with van der Waals surface area (Å²) in [5.41, 5.74) is 0.863. The van der Waals surface area contributed by atoms with Crippen LogP contribution in [0.5, 0.6) is 0 Å². The van der Waals surface area contributed by atoms with Crippen molar-refractivity contribution in [3.63, 3.8) is 0 Å². The van der Waals surface area contributed by atoms with E-state index in [0.29, 0.717) is 0 Å². The van der Waals surface area contributed by atoms with Crippen LogP contribution in [0.2, 0.25) is 0 Å². The van der Waals surface area contributed by atoms with E-state index in [1.165, 1.54) is 6.92 Å². The van der Waals surface area contributed by atoms with E-state index in [1.54, 1.807) is 0 Å². The topological polar surface area (TPSA) is 98.7 Å². The van der Waals surface area contributed by atoms with Crippen LogP contribution in [-0.4, -0.2) is 34.4 Å². The lowest BCUT2D eigenvalue weighted by molar-refractivity contribution is -0.141. The number of hydrogen-bond acceptors (Lipinski definition) is 3. The number of hydrogen-bond donors (Lipinski definition) is 4. The molecule has 0 aliphatic carbocycles. The lowest BCUT2D eigenvalue weighted by Crippen LogP contribution is -2.50. The molecule has 0 saturated heterocycles. The zero-order chi connectivity index (χ0) is 14.4. The van der Waals surface area contributed by atoms with Gasteiger partial charge in [-0.25, -0.2) is 9.59 Å². The van der Waals surface area contributed by atoms with E-state index >= 15 is 0 Å². The quantitative estimate of drug-likeness (QED) is 0.649. The van der Waals surface area contributed by atoms with E-state index in [0.717, 1.165) is 10.0 Å². The van der Waals surface area contributed by atoms with Crippen LogP contribution in [-0.2, 0) is 11.3 Å². The summed E-state index contributed by atoms with van der Waals surface area (Å²) in [6, 6.07) is 5.36. The molecule has 1 rings (SSSR count). The number of carboxylic acids is 1. The first-order valence-corrected chi connectivity index (χ1v) is 6.39. The van der Waals surface area contributed by atoms with E-state index in [-0.39, 0.29) is 6.54 Å². The summed E-state index contributed by atoms with van der Waals surface area (Å²) in [4.78, 5) is 22.3. The van der Waals surface area contributed by atoms with Gasteiger partial charge in [-0.15, -0.1) is 0 Å². The molecule has 1 aromatic carbocycles. The molecular weight excluding hydrogens is 316 g/mol. The average molecular weight is 331 g/mol. The van der Waals surface area contributed by atoms with Crippen molar-refractivity contribution in [2.45, 2.75) is 25.6 Å². The Morgan fingerprint density at radius 1 is 1.37 bits per heavy atom. The van der Waals surface area contributed by atoms with Crippen molar-refractivity contribution in [1.82, 2.24) is 10.6 Å². The maximum Gasteiger partial charge on any atom is 0.328 e. The van der Waals surface area contributed by atoms with E-state index in [2.05, 4.69) is 26.6 Å². The number of halogens is 1. The third-order valence-electron chi connectivity index (χ3n) is 2.43. The molecule has 0 aliphatic rings. The Kier molecular flexibility index (Phi) is 5.78. The molecule has 1 aromatic rings. The molecule has 4 N–H and O–H groups in total. The molecule has 0 heterocycles. The number of urea groups is 1. The Labute approximate surface area is 118 Å². The fourth-order valence-electron chi connectivity index (χ4n) is 1.40. The molecule has 0 bridgehead atoms. The Balaban J connectivity index is 2.52. The normalized spacial score (nSPS) is 13.4. The number of carbonyl (C=O) groups is 2. The zero-order valence-electron chi connectivity index (χ0n) is 10.3. The summed E-state index contributed by atoms with van der Waals surface area (Å²) in [5, 5.41) is 22.8. The average Bonchev–Trinajstić information content (AvgIpc) is 2.34. The second kappa shape index (κ2) is 7.10. The summed E-state index contributed by atoms with van der Waals surface area (Å²) < 4.78 is 0.848. The van der Waals surface area contributed by atoms with Crippen LogP contribution >= 0.6 is 15.9 Å². The van der Waals surface area contributed by atoms with Crippen molar-refractivity contribution >= 4 is 27.9 Å². The van der Waals surface area contributed by atoms with Gasteiger partial charge in [0.15, 0.2) is 6.04 Å². The zero-order valence-corrected chi connectivity index (χ0v) is 11.8. The molecular formula is C12H15BrN2O4. The van der Waals surface area contributed by atoms with E-state index in [4.69, 9.17) is 5.11 Å². The van der Waals surface area contributed by atoms with Gasteiger partial charge in [-0.2, -0.15) is 0 Å². The lowest BCUT2D eigenvalue weighted by atomic mass is 10.2. The first-order valence-electron chi connectivity index (χ1n) is 5.60. The summed E-state index contributed by atoms with van der Waals surface area (Å²) in [6.45, 7) is 1.55. The van der Waals surface area contributed by atoms with Crippen LogP contribution in [0.4, 0.5) is 4.79 Å². The van der Waals surface area contributed by atoms with E-state index in [9.17, 15) is 14.7 Å². The summed E-state index contributed by atoms with van der Waals surface area (Å²) in [6.07, 6.45) is -1.17. The van der Waals surface area contributed by atoms with Crippen LogP contribution in [0.3, 0.4) is 0 Å². The largest absolute Gasteiger partial charge is 0.480 e. The number of aliphatic hydroxyl groups excluding tert-OH is 1. The summed E-state index contributed by atoms with van der Waals surface area (Å²) in [5.74, 6) is -1.29. The van der Waals surface area contributed by atoms with Gasteiger partial charge in [0.1, 0.15) is 0 Å². The van der Waals surface area contributed by atoms with E-state index < -0.39 is 24.1 Å². The minimum atomic E-state index is -1.33. The van der Waals surface area contributed by atoms with Gasteiger partial charge in [-0.05, 0) is 18.6 Å². The standard InChI is InChI=1S/C12H15BrN2O4/c1-7(16)10(11(17)18)15-12(19)14-6-8-4-2-3-5-9(8)13/h2-5,7,10,16H,6H2,1H3,(H,17,18)(H2,14,15,19). The molecule has 0 saturated carbocycles. The third-order valence-corrected chi connectivity index (χ3v) is 3.21. The van der Waals surface area contributed by atoms with Crippen molar-refractivity contribution in [1.29, 1.82) is 0 Å². The Bertz CT molecular complexity index is 465. The van der Waals surface area contributed by atoms with Crippen molar-refractivity contribution in [2.75, 3.05) is 0 Å². The van der Waals surface area contributed by atoms with Gasteiger partial charge < -0.3 is 20.8 Å². The highest BCUT2D eigenvalue weighted by atomic mass is 79.9. The molecule has 6 nitrogen and oxygen atoms in total. The molecule has 0 aromatic heterocycles. The molecule has 0 fully saturated rings. The monoisotopic (exact) mass is 330 g/mol. The Hall–Kier alpha value is -1.60. The van der Waals surface area contributed by atoms with Crippen LogP contribution in [0.25, 0.3) is 0 Å². The first kappa shape index (κ1) is 15.5. The summed E-state index contributed by atoms with van der Waals surface area (Å²) in [7, 11) is 0. The van der Waals surface area contributed by atoms with Crippen LogP contribution in [0.15, 0.2) is 28.7 Å². The second-order valence-electron chi connectivity index (χ2n) is 3.97. The highest BCUT2D eigenvalue weighted by molar-refractivity contribution is 9.10. The van der Waals surface area contributed by atoms with Crippen molar-refractivity contribution in [3.8, 4) is 0 Å². The van der Waals surface area contributed by atoms with Crippen molar-refractivity contribution in [2.24, 2.45) is 0 Å². The number of carbonyl (C=O) groups excluding carboxylic acids is 1. The maximum absolute atomic E-state index is 11.5. The fourth-order valence-corrected chi connectivity index (χ4v) is 1.82. The molecule has 2 amide bonds. The molecule has 2 atom stereocenters. The minimum absolute atomic E-state index is 0.249. The number of aliphatic hydroxyl groups is 1. The predicted molar refractivity (Wildman–Crippen MR) is 72.6 cm³/mol. The molecule has 2 unspecified atom stereocenters.